The highest BCUT2D eigenvalue weighted by atomic mass is 16.3. The quantitative estimate of drug-likeness (QED) is 0.0722. The molecule has 8 heteroatoms. The number of fused-ring (bicyclic) bond motifs is 8. The number of aryl methyl sites for hydroxylation is 4. The number of hydrogen-bond donors (Lipinski definition) is 6. The average molecular weight is 903 g/mol. The van der Waals surface area contributed by atoms with Crippen molar-refractivity contribution in [3.63, 3.8) is 0 Å². The Kier molecular flexibility index (Phi) is 12.6. The Morgan fingerprint density at radius 3 is 0.721 bits per heavy atom. The molecule has 0 spiro atoms. The van der Waals surface area contributed by atoms with Gasteiger partial charge in [-0.2, -0.15) is 0 Å². The van der Waals surface area contributed by atoms with Gasteiger partial charge in [0.1, 0.15) is 23.0 Å². The highest BCUT2D eigenvalue weighted by molar-refractivity contribution is 6.09. The van der Waals surface area contributed by atoms with Crippen LogP contribution in [0.3, 0.4) is 0 Å². The van der Waals surface area contributed by atoms with Crippen LogP contribution in [0, 0.1) is 0 Å². The Bertz CT molecular complexity index is 2950. The zero-order valence-electron chi connectivity index (χ0n) is 40.6. The first kappa shape index (κ1) is 45.8. The van der Waals surface area contributed by atoms with Crippen molar-refractivity contribution in [1.82, 2.24) is 19.9 Å². The van der Waals surface area contributed by atoms with Gasteiger partial charge in [-0.1, -0.05) is 104 Å². The molecule has 9 rings (SSSR count). The number of phenols is 4. The van der Waals surface area contributed by atoms with E-state index < -0.39 is 0 Å². The van der Waals surface area contributed by atoms with Crippen LogP contribution in [0.25, 0.3) is 88.9 Å². The predicted octanol–water partition coefficient (Wildman–Crippen LogP) is 15.5. The molecule has 7 aromatic rings. The van der Waals surface area contributed by atoms with E-state index in [2.05, 4.69) is 89.6 Å². The Balaban J connectivity index is 1.72. The molecule has 8 bridgehead atoms. The SMILES string of the molecule is CCC1=C(CC)c2nc1c(-c1cccc(O)c1)c1[nH]c(c(CC)c1CC)c(-c1cccc(O)c1)c1nc(c(-c3cccc(O)c3)c3[nH]c(c(CC)c3CC)c2-c2cccc(O)c2)C(CC)=C1CC. The zero-order valence-corrected chi connectivity index (χ0v) is 40.6. The monoisotopic (exact) mass is 902 g/mol. The van der Waals surface area contributed by atoms with E-state index in [-0.39, 0.29) is 23.0 Å². The first-order valence-electron chi connectivity index (χ1n) is 24.6. The number of aromatic nitrogens is 4. The van der Waals surface area contributed by atoms with E-state index >= 15 is 0 Å². The third kappa shape index (κ3) is 7.56. The van der Waals surface area contributed by atoms with E-state index in [4.69, 9.17) is 9.97 Å². The van der Waals surface area contributed by atoms with Crippen molar-refractivity contribution in [2.45, 2.75) is 107 Å². The van der Waals surface area contributed by atoms with Gasteiger partial charge in [0.2, 0.25) is 0 Å². The Morgan fingerprint density at radius 1 is 0.324 bits per heavy atom. The molecule has 6 N–H and O–H groups in total. The second-order valence-electron chi connectivity index (χ2n) is 17.7. The van der Waals surface area contributed by atoms with Crippen molar-refractivity contribution in [2.75, 3.05) is 0 Å². The largest absolute Gasteiger partial charge is 0.508 e. The zero-order chi connectivity index (χ0) is 48.0. The van der Waals surface area contributed by atoms with Gasteiger partial charge in [-0.25, -0.2) is 9.97 Å². The summed E-state index contributed by atoms with van der Waals surface area (Å²) < 4.78 is 0. The van der Waals surface area contributed by atoms with E-state index in [1.54, 1.807) is 24.3 Å². The summed E-state index contributed by atoms with van der Waals surface area (Å²) in [6.45, 7) is 17.6. The number of hydrogen-bond acceptors (Lipinski definition) is 6. The number of aromatic amines is 2. The lowest BCUT2D eigenvalue weighted by Crippen LogP contribution is -1.94. The van der Waals surface area contributed by atoms with Gasteiger partial charge >= 0.3 is 0 Å². The lowest BCUT2D eigenvalue weighted by Gasteiger charge is -2.12. The molecule has 0 unspecified atom stereocenters. The fourth-order valence-electron chi connectivity index (χ4n) is 11.2. The fourth-order valence-corrected chi connectivity index (χ4v) is 11.2. The third-order valence-corrected chi connectivity index (χ3v) is 14.1. The van der Waals surface area contributed by atoms with Crippen LogP contribution in [0.15, 0.2) is 97.1 Å². The summed E-state index contributed by atoms with van der Waals surface area (Å²) in [6.07, 6.45) is 5.63. The lowest BCUT2D eigenvalue weighted by molar-refractivity contribution is 0.475. The number of H-pyrrole nitrogens is 2. The van der Waals surface area contributed by atoms with E-state index in [1.807, 2.05) is 48.5 Å². The summed E-state index contributed by atoms with van der Waals surface area (Å²) in [7, 11) is 0. The molecule has 5 heterocycles. The molecular formula is C60H62N4O4. The van der Waals surface area contributed by atoms with Crippen LogP contribution in [0.2, 0.25) is 0 Å². The minimum atomic E-state index is 0.160. The maximum absolute atomic E-state index is 11.2. The molecule has 0 saturated heterocycles. The summed E-state index contributed by atoms with van der Waals surface area (Å²) in [4.78, 5) is 19.9. The van der Waals surface area contributed by atoms with Gasteiger partial charge in [-0.05, 0) is 167 Å². The van der Waals surface area contributed by atoms with Crippen LogP contribution < -0.4 is 0 Å². The van der Waals surface area contributed by atoms with Gasteiger partial charge in [0.25, 0.3) is 0 Å². The molecular weight excluding hydrogens is 841 g/mol. The minimum Gasteiger partial charge on any atom is -0.508 e. The summed E-state index contributed by atoms with van der Waals surface area (Å²) in [5, 5.41) is 44.9. The number of benzene rings is 4. The van der Waals surface area contributed by atoms with Crippen molar-refractivity contribution in [1.29, 1.82) is 0 Å². The van der Waals surface area contributed by atoms with Crippen LogP contribution in [0.5, 0.6) is 23.0 Å². The molecule has 0 atom stereocenters. The number of allylic oxidation sites excluding steroid dienone is 4. The van der Waals surface area contributed by atoms with E-state index in [0.717, 1.165) is 134 Å². The number of nitrogens with zero attached hydrogens (tertiary/aromatic N) is 2. The molecule has 0 amide bonds. The Hall–Kier alpha value is -7.32. The van der Waals surface area contributed by atoms with Gasteiger partial charge < -0.3 is 30.4 Å². The van der Waals surface area contributed by atoms with E-state index in [0.29, 0.717) is 51.4 Å². The maximum atomic E-state index is 11.2. The lowest BCUT2D eigenvalue weighted by atomic mass is 9.90. The van der Waals surface area contributed by atoms with Crippen LogP contribution >= 0.6 is 0 Å². The van der Waals surface area contributed by atoms with Crippen LogP contribution in [-0.2, 0) is 25.7 Å². The topological polar surface area (TPSA) is 138 Å². The molecule has 68 heavy (non-hydrogen) atoms. The van der Waals surface area contributed by atoms with E-state index in [1.165, 1.54) is 0 Å². The second-order valence-corrected chi connectivity index (χ2v) is 17.7. The van der Waals surface area contributed by atoms with Gasteiger partial charge in [0, 0.05) is 22.3 Å². The van der Waals surface area contributed by atoms with Crippen molar-refractivity contribution in [2.24, 2.45) is 0 Å². The first-order chi connectivity index (χ1) is 33.0. The molecule has 0 fully saturated rings. The summed E-state index contributed by atoms with van der Waals surface area (Å²) in [6, 6.07) is 30.0. The van der Waals surface area contributed by atoms with Gasteiger partial charge in [-0.3, -0.25) is 0 Å². The van der Waals surface area contributed by atoms with Crippen molar-refractivity contribution >= 4 is 44.4 Å². The highest BCUT2D eigenvalue weighted by Crippen LogP contribution is 2.50. The molecule has 2 aliphatic rings. The number of aromatic hydroxyl groups is 4. The molecule has 8 nitrogen and oxygen atoms in total. The standard InChI is InChI=1S/C60H62N4O4/c1-9-41-42(10-2)54-50(34-22-18-26-38(66)30-34)56-45(13-5)46(14-6)58(63-56)52(36-24-20-28-40(68)32-36)60-48(16-8)47(15-7)59(64-60)51(35-23-19-27-39(67)31-35)57-44(12-4)43(11-3)55(62-57)49(53(41)61-54)33-21-17-25-37(65)29-33/h17-32,61,64-68H,9-16H2,1-8H3. The van der Waals surface area contributed by atoms with Crippen LogP contribution in [0.1, 0.15) is 126 Å². The molecule has 4 aromatic carbocycles. The Labute approximate surface area is 399 Å². The first-order valence-corrected chi connectivity index (χ1v) is 24.6. The normalized spacial score (nSPS) is 12.7. The summed E-state index contributed by atoms with van der Waals surface area (Å²) in [5.74, 6) is 0.640. The van der Waals surface area contributed by atoms with E-state index in [9.17, 15) is 20.4 Å². The average Bonchev–Trinajstić information content (AvgIpc) is 4.09. The van der Waals surface area contributed by atoms with Gasteiger partial charge in [-0.15, -0.1) is 0 Å². The molecule has 0 radical (unpaired) electrons. The van der Waals surface area contributed by atoms with Gasteiger partial charge in [0.05, 0.1) is 44.8 Å². The van der Waals surface area contributed by atoms with Gasteiger partial charge in [0.15, 0.2) is 0 Å². The van der Waals surface area contributed by atoms with Crippen LogP contribution in [-0.4, -0.2) is 40.4 Å². The smallest absolute Gasteiger partial charge is 0.116 e. The molecule has 3 aromatic heterocycles. The highest BCUT2D eigenvalue weighted by Gasteiger charge is 2.32. The molecule has 0 aliphatic carbocycles. The second kappa shape index (κ2) is 18.8. The molecule has 346 valence electrons. The van der Waals surface area contributed by atoms with Crippen molar-refractivity contribution in [3.05, 3.63) is 142 Å². The summed E-state index contributed by atoms with van der Waals surface area (Å²) >= 11 is 0. The van der Waals surface area contributed by atoms with Crippen molar-refractivity contribution < 1.29 is 20.4 Å². The Morgan fingerprint density at radius 2 is 0.544 bits per heavy atom. The molecule has 2 aliphatic heterocycles. The summed E-state index contributed by atoms with van der Waals surface area (Å²) in [5.41, 5.74) is 23.0. The predicted molar refractivity (Wildman–Crippen MR) is 282 cm³/mol. The number of nitrogens with one attached hydrogen (secondary N) is 2. The minimum absolute atomic E-state index is 0.160. The fraction of sp³-hybridized carbons (Fsp3) is 0.267. The number of phenolic OH excluding ortho intramolecular Hbond substituents is 4. The molecule has 0 saturated carbocycles. The third-order valence-electron chi connectivity index (χ3n) is 14.1. The maximum Gasteiger partial charge on any atom is 0.116 e. The van der Waals surface area contributed by atoms with Crippen molar-refractivity contribution in [3.8, 4) is 67.5 Å². The van der Waals surface area contributed by atoms with Crippen LogP contribution in [0.4, 0.5) is 0 Å². The number of rotatable bonds is 12.